The van der Waals surface area contributed by atoms with Crippen LogP contribution in [0.5, 0.6) is 0 Å². The van der Waals surface area contributed by atoms with Crippen molar-refractivity contribution in [2.24, 2.45) is 0 Å². The first-order valence-electron chi connectivity index (χ1n) is 11.2. The Balaban J connectivity index is 0.000000765. The van der Waals surface area contributed by atoms with Crippen LogP contribution in [0.25, 0.3) is 10.9 Å². The third kappa shape index (κ3) is 37.8. The molecular formula is C12H15N3S38. The molecule has 2 heterocycles. The van der Waals surface area contributed by atoms with Crippen molar-refractivity contribution < 1.29 is 0 Å². The van der Waals surface area contributed by atoms with E-state index < -0.39 is 0 Å². The fraction of sp³-hybridized carbons (Fsp3) is 0.333. The van der Waals surface area contributed by atoms with Gasteiger partial charge in [-0.05, 0) is 18.2 Å². The fourth-order valence-electron chi connectivity index (χ4n) is 1.88. The highest BCUT2D eigenvalue weighted by Gasteiger charge is 2.15. The van der Waals surface area contributed by atoms with Crippen LogP contribution in [-0.4, -0.2) is 9.97 Å². The molecular weight excluding hydrogens is 1400 g/mol. The van der Waals surface area contributed by atoms with Crippen LogP contribution in [0.15, 0.2) is 24.4 Å². The van der Waals surface area contributed by atoms with E-state index in [4.69, 9.17) is 28.1 Å². The molecule has 3 nitrogen and oxygen atoms in total. The summed E-state index contributed by atoms with van der Waals surface area (Å²) in [5.41, 5.74) is 7.81. The molecule has 0 amide bonds. The molecule has 0 aliphatic heterocycles. The third-order valence-electron chi connectivity index (χ3n) is 3.39. The number of aromatic nitrogens is 2. The molecule has 0 aromatic carbocycles. The highest BCUT2D eigenvalue weighted by molar-refractivity contribution is 8.81. The number of hydrogen-bond acceptors (Lipinski definition) is 5. The Kier molecular flexibility index (Phi) is 47.9. The molecule has 2 aromatic heterocycles. The van der Waals surface area contributed by atoms with Gasteiger partial charge in [0, 0.05) is 365 Å². The first kappa shape index (κ1) is 57.7. The molecule has 53 heavy (non-hydrogen) atoms. The minimum atomic E-state index is 0.0617. The summed E-state index contributed by atoms with van der Waals surface area (Å²) in [5.74, 6) is 0.542. The van der Waals surface area contributed by atoms with E-state index in [2.05, 4.69) is 30.7 Å². The highest BCUT2D eigenvalue weighted by atomic mass is 33.5. The van der Waals surface area contributed by atoms with Crippen molar-refractivity contribution in [3.63, 3.8) is 0 Å². The average molecular weight is 1420 g/mol. The summed E-state index contributed by atoms with van der Waals surface area (Å²) in [6.07, 6.45) is 1.69. The summed E-state index contributed by atoms with van der Waals surface area (Å²) in [6.45, 7) is 6.43. The van der Waals surface area contributed by atoms with Crippen molar-refractivity contribution in [3.8, 4) is 0 Å². The number of nitrogen functional groups attached to an aromatic ring is 1. The zero-order chi connectivity index (χ0) is 38.5. The van der Waals surface area contributed by atoms with Crippen LogP contribution in [0.2, 0.25) is 0 Å². The number of rotatable bonds is 0. The molecule has 0 radical (unpaired) electrons. The molecule has 0 aliphatic carbocycles. The van der Waals surface area contributed by atoms with E-state index >= 15 is 0 Å². The summed E-state index contributed by atoms with van der Waals surface area (Å²) in [5, 5.41) is 0.922. The van der Waals surface area contributed by atoms with Gasteiger partial charge in [-0.1, -0.05) is 20.8 Å². The largest absolute Gasteiger partial charge is 0.383 e. The first-order valence-corrected chi connectivity index (χ1v) is 60.5. The Morgan fingerprint density at radius 1 is 0.415 bits per heavy atom. The van der Waals surface area contributed by atoms with Crippen LogP contribution in [0, 0.1) is 0 Å². The number of nitrogens with zero attached hydrogens (tertiary/aromatic N) is 2. The maximum atomic E-state index is 5.76. The van der Waals surface area contributed by atoms with Crippen LogP contribution < -0.4 is 5.73 Å². The van der Waals surface area contributed by atoms with E-state index in [0.717, 1.165) is 16.6 Å². The second-order valence-electron chi connectivity index (χ2n) is 7.16. The smallest absolute Gasteiger partial charge is 0.132 e. The quantitative estimate of drug-likeness (QED) is 0.440. The van der Waals surface area contributed by atoms with Crippen molar-refractivity contribution in [3.05, 3.63) is 30.1 Å². The van der Waals surface area contributed by atoms with Crippen LogP contribution in [-0.2, 0) is 347 Å². The van der Waals surface area contributed by atoms with Gasteiger partial charge in [-0.3, -0.25) is 4.98 Å². The van der Waals surface area contributed by atoms with Gasteiger partial charge in [-0.2, -0.15) is 0 Å². The lowest BCUT2D eigenvalue weighted by molar-refractivity contribution is 0.571. The zero-order valence-corrected chi connectivity index (χ0v) is 55.8. The maximum Gasteiger partial charge on any atom is 0.132 e. The molecule has 0 saturated heterocycles. The van der Waals surface area contributed by atoms with Gasteiger partial charge in [0.15, 0.2) is 0 Å². The minimum Gasteiger partial charge on any atom is -0.383 e. The van der Waals surface area contributed by atoms with E-state index in [-0.39, 0.29) is 5.41 Å². The Bertz CT molecular complexity index is 3130. The van der Waals surface area contributed by atoms with E-state index in [0.29, 0.717) is 5.82 Å². The number of anilines is 1. The lowest BCUT2D eigenvalue weighted by atomic mass is 9.91. The van der Waals surface area contributed by atoms with Crippen molar-refractivity contribution in [2.75, 3.05) is 5.73 Å². The molecule has 0 spiro atoms. The van der Waals surface area contributed by atoms with Gasteiger partial charge in [0.05, 0.1) is 5.52 Å². The first-order chi connectivity index (χ1) is 25.9. The SMILES string of the molecule is CC(C)(C)c1ccc2c(N)nccc2n1.S=S=S=S=S=S=S=S=S=S=S=S=S=S=S=S=S=S=S=S=S=S=S=S=S=S=S=S=S=S=S=S=S=S=S=S=S=S. The van der Waals surface area contributed by atoms with Crippen molar-refractivity contribution in [1.29, 1.82) is 0 Å². The van der Waals surface area contributed by atoms with Gasteiger partial charge in [-0.25, -0.2) is 4.98 Å². The molecule has 41 heteroatoms. The van der Waals surface area contributed by atoms with E-state index in [1.54, 1.807) is 113 Å². The summed E-state index contributed by atoms with van der Waals surface area (Å²) in [7, 11) is 63.7. The number of pyridine rings is 2. The van der Waals surface area contributed by atoms with Gasteiger partial charge in [0.25, 0.3) is 0 Å². The molecule has 2 aromatic rings. The molecule has 0 fully saturated rings. The van der Waals surface area contributed by atoms with Crippen molar-refractivity contribution >= 4 is 359 Å². The highest BCUT2D eigenvalue weighted by Crippen LogP contribution is 2.24. The van der Waals surface area contributed by atoms with Gasteiger partial charge in [0.2, 0.25) is 0 Å². The van der Waals surface area contributed by atoms with Gasteiger partial charge < -0.3 is 5.73 Å². The van der Waals surface area contributed by atoms with Gasteiger partial charge >= 0.3 is 0 Å². The van der Waals surface area contributed by atoms with Crippen molar-refractivity contribution in [1.82, 2.24) is 9.97 Å². The predicted octanol–water partition coefficient (Wildman–Crippen LogP) is 2.42. The summed E-state index contributed by atoms with van der Waals surface area (Å²) in [6, 6.07) is 5.90. The Labute approximate surface area is 420 Å². The summed E-state index contributed by atoms with van der Waals surface area (Å²) < 4.78 is 0. The zero-order valence-electron chi connectivity index (χ0n) is 24.8. The van der Waals surface area contributed by atoms with Crippen LogP contribution in [0.4, 0.5) is 5.82 Å². The Morgan fingerprint density at radius 2 is 0.679 bits per heavy atom. The molecule has 0 unspecified atom stereocenters. The van der Waals surface area contributed by atoms with E-state index in [1.807, 2.05) is 214 Å². The van der Waals surface area contributed by atoms with Crippen LogP contribution in [0.3, 0.4) is 0 Å². The van der Waals surface area contributed by atoms with Gasteiger partial charge in [0.1, 0.15) is 5.82 Å². The lowest BCUT2D eigenvalue weighted by Crippen LogP contribution is -2.13. The lowest BCUT2D eigenvalue weighted by Gasteiger charge is -2.18. The number of fused-ring (bicyclic) bond motifs is 1. The molecule has 0 bridgehead atoms. The van der Waals surface area contributed by atoms with E-state index in [9.17, 15) is 0 Å². The summed E-state index contributed by atoms with van der Waals surface area (Å²) in [4.78, 5) is 8.62. The van der Waals surface area contributed by atoms with Crippen LogP contribution >= 0.6 is 0 Å². The van der Waals surface area contributed by atoms with Crippen molar-refractivity contribution in [2.45, 2.75) is 26.2 Å². The average Bonchev–Trinajstić information content (AvgIpc) is 3.15. The maximum absolute atomic E-state index is 5.76. The topological polar surface area (TPSA) is 51.8 Å². The predicted molar refractivity (Wildman–Crippen MR) is 343 cm³/mol. The molecule has 306 valence electrons. The minimum absolute atomic E-state index is 0.0617. The molecule has 0 aliphatic rings. The summed E-state index contributed by atoms with van der Waals surface area (Å²) >= 11 is 9.60. The van der Waals surface area contributed by atoms with Crippen LogP contribution in [0.1, 0.15) is 26.5 Å². The molecule has 2 N–H and O–H groups in total. The standard InChI is InChI=1S/C12H15N3.S38/c1-12(2,3)10-5-4-8-9(15-10)6-7-14-11(8)13;1-3-5-7-9-11-13-15-17-19-21-23-25-27-29-31-33-35-37-38-36-34-32-30-28-26-24-22-20-18-16-14-12-10-8-6-4-2/h4-7H,1-3H3,(H2,13,14);. The van der Waals surface area contributed by atoms with E-state index in [1.165, 1.54) is 17.8 Å². The Hall–Kier alpha value is 6.72. The second-order valence-corrected chi connectivity index (χ2v) is 70.8. The molecule has 0 saturated carbocycles. The van der Waals surface area contributed by atoms with Gasteiger partial charge in [-0.15, -0.1) is 0 Å². The number of nitrogens with two attached hydrogens (primary N) is 1. The molecule has 2 rings (SSSR count). The second kappa shape index (κ2) is 43.9. The monoisotopic (exact) mass is 1420 g/mol. The molecule has 0 atom stereocenters. The number of hydrogen-bond donors (Lipinski definition) is 1. The third-order valence-corrected chi connectivity index (χ3v) is 81.2. The normalized spacial score (nSPS) is 8.89. The fourth-order valence-corrected chi connectivity index (χ4v) is 95.2. The Morgan fingerprint density at radius 3 is 0.925 bits per heavy atom.